The number of anilines is 2. The molecule has 0 unspecified atom stereocenters. The van der Waals surface area contributed by atoms with Crippen LogP contribution in [0.2, 0.25) is 0 Å². The molecule has 0 aliphatic carbocycles. The number of amides is 3. The first-order valence-electron chi connectivity index (χ1n) is 10.4. The van der Waals surface area contributed by atoms with Gasteiger partial charge in [-0.2, -0.15) is 0 Å². The first-order chi connectivity index (χ1) is 15.7. The minimum Gasteiger partial charge on any atom is -0.351 e. The monoisotopic (exact) mass is 471 g/mol. The summed E-state index contributed by atoms with van der Waals surface area (Å²) in [4.78, 5) is 44.4. The van der Waals surface area contributed by atoms with Crippen molar-refractivity contribution in [3.8, 4) is 0 Å². The Morgan fingerprint density at radius 3 is 2.09 bits per heavy atom. The largest absolute Gasteiger partial charge is 0.351 e. The standard InChI is InChI=1S/C22H29N7O3S/c1-14-19(33-13-24-14)22(32)26-16-10-18(29(5)12-16)21(31)25-15-9-17(28(4)11-15)20(30)23-7-6-8-27(2)3/h9-13H,6-8H2,1-5H3,(H,23,30)(H,25,31)(H,26,32). The van der Waals surface area contributed by atoms with Crippen LogP contribution in [-0.2, 0) is 14.1 Å². The zero-order valence-corrected chi connectivity index (χ0v) is 20.2. The van der Waals surface area contributed by atoms with Gasteiger partial charge >= 0.3 is 0 Å². The number of rotatable bonds is 9. The normalized spacial score (nSPS) is 11.0. The first kappa shape index (κ1) is 24.2. The van der Waals surface area contributed by atoms with E-state index in [1.807, 2.05) is 14.1 Å². The topological polar surface area (TPSA) is 113 Å². The van der Waals surface area contributed by atoms with E-state index in [-0.39, 0.29) is 17.7 Å². The fourth-order valence-electron chi connectivity index (χ4n) is 3.31. The third kappa shape index (κ3) is 6.08. The Morgan fingerprint density at radius 2 is 1.55 bits per heavy atom. The number of carbonyl (C=O) groups excluding carboxylic acids is 3. The molecule has 176 valence electrons. The Morgan fingerprint density at radius 1 is 0.970 bits per heavy atom. The number of hydrogen-bond acceptors (Lipinski definition) is 6. The molecule has 3 heterocycles. The van der Waals surface area contributed by atoms with Gasteiger partial charge < -0.3 is 30.0 Å². The molecule has 0 spiro atoms. The van der Waals surface area contributed by atoms with Crippen LogP contribution in [0.5, 0.6) is 0 Å². The van der Waals surface area contributed by atoms with Crippen molar-refractivity contribution in [3.05, 3.63) is 52.0 Å². The van der Waals surface area contributed by atoms with Gasteiger partial charge in [0.15, 0.2) is 0 Å². The molecule has 3 aromatic heterocycles. The molecule has 11 heteroatoms. The number of hydrogen-bond donors (Lipinski definition) is 3. The van der Waals surface area contributed by atoms with Crippen LogP contribution in [0, 0.1) is 6.92 Å². The molecule has 3 amide bonds. The summed E-state index contributed by atoms with van der Waals surface area (Å²) in [6, 6.07) is 3.24. The van der Waals surface area contributed by atoms with Crippen molar-refractivity contribution in [2.75, 3.05) is 37.8 Å². The van der Waals surface area contributed by atoms with Gasteiger partial charge in [0.2, 0.25) is 0 Å². The lowest BCUT2D eigenvalue weighted by Crippen LogP contribution is -2.28. The second-order valence-corrected chi connectivity index (χ2v) is 8.89. The molecule has 0 atom stereocenters. The van der Waals surface area contributed by atoms with Crippen LogP contribution < -0.4 is 16.0 Å². The van der Waals surface area contributed by atoms with Gasteiger partial charge in [-0.15, -0.1) is 11.3 Å². The molecule has 3 rings (SSSR count). The molecule has 0 bridgehead atoms. The average Bonchev–Trinajstić information content (AvgIpc) is 3.43. The van der Waals surface area contributed by atoms with Crippen LogP contribution in [0.3, 0.4) is 0 Å². The average molecular weight is 472 g/mol. The summed E-state index contributed by atoms with van der Waals surface area (Å²) in [5.41, 5.74) is 4.11. The van der Waals surface area contributed by atoms with Crippen molar-refractivity contribution in [2.24, 2.45) is 14.1 Å². The van der Waals surface area contributed by atoms with Gasteiger partial charge in [0, 0.05) is 33.0 Å². The molecule has 0 aliphatic rings. The second kappa shape index (κ2) is 10.5. The van der Waals surface area contributed by atoms with Gasteiger partial charge in [-0.05, 0) is 46.1 Å². The molecule has 3 aromatic rings. The third-order valence-electron chi connectivity index (χ3n) is 5.01. The summed E-state index contributed by atoms with van der Waals surface area (Å²) >= 11 is 1.26. The Balaban J connectivity index is 1.62. The van der Waals surface area contributed by atoms with E-state index in [9.17, 15) is 14.4 Å². The van der Waals surface area contributed by atoms with Gasteiger partial charge in [-0.25, -0.2) is 4.98 Å². The first-order valence-corrected chi connectivity index (χ1v) is 11.3. The van der Waals surface area contributed by atoms with E-state index < -0.39 is 0 Å². The van der Waals surface area contributed by atoms with Crippen LogP contribution in [-0.4, -0.2) is 63.9 Å². The summed E-state index contributed by atoms with van der Waals surface area (Å²) in [6.07, 6.45) is 4.20. The van der Waals surface area contributed by atoms with Crippen LogP contribution in [0.4, 0.5) is 11.4 Å². The summed E-state index contributed by atoms with van der Waals surface area (Å²) in [5.74, 6) is -0.814. The highest BCUT2D eigenvalue weighted by Crippen LogP contribution is 2.19. The van der Waals surface area contributed by atoms with E-state index in [1.165, 1.54) is 11.3 Å². The van der Waals surface area contributed by atoms with Crippen LogP contribution in [0.15, 0.2) is 30.0 Å². The predicted molar refractivity (Wildman–Crippen MR) is 129 cm³/mol. The maximum atomic E-state index is 12.8. The predicted octanol–water partition coefficient (Wildman–Crippen LogP) is 2.31. The zero-order chi connectivity index (χ0) is 24.1. The lowest BCUT2D eigenvalue weighted by molar-refractivity contribution is 0.0942. The Bertz CT molecular complexity index is 1160. The maximum Gasteiger partial charge on any atom is 0.272 e. The van der Waals surface area contributed by atoms with Gasteiger partial charge in [0.25, 0.3) is 17.7 Å². The number of carbonyl (C=O) groups is 3. The Kier molecular flexibility index (Phi) is 7.67. The molecule has 0 saturated heterocycles. The van der Waals surface area contributed by atoms with Gasteiger partial charge in [0.1, 0.15) is 16.3 Å². The van der Waals surface area contributed by atoms with E-state index in [2.05, 4.69) is 25.8 Å². The van der Waals surface area contributed by atoms with E-state index >= 15 is 0 Å². The van der Waals surface area contributed by atoms with Gasteiger partial charge in [0.05, 0.1) is 22.6 Å². The van der Waals surface area contributed by atoms with E-state index in [4.69, 9.17) is 0 Å². The molecular weight excluding hydrogens is 442 g/mol. The molecule has 3 N–H and O–H groups in total. The molecular formula is C22H29N7O3S. The highest BCUT2D eigenvalue weighted by molar-refractivity contribution is 7.12. The van der Waals surface area contributed by atoms with E-state index in [1.54, 1.807) is 60.2 Å². The van der Waals surface area contributed by atoms with E-state index in [0.29, 0.717) is 39.9 Å². The number of nitrogens with zero attached hydrogens (tertiary/aromatic N) is 4. The highest BCUT2D eigenvalue weighted by atomic mass is 32.1. The summed E-state index contributed by atoms with van der Waals surface area (Å²) in [5, 5.41) is 8.50. The molecule has 10 nitrogen and oxygen atoms in total. The van der Waals surface area contributed by atoms with Crippen molar-refractivity contribution in [2.45, 2.75) is 13.3 Å². The van der Waals surface area contributed by atoms with Crippen molar-refractivity contribution in [1.29, 1.82) is 0 Å². The lowest BCUT2D eigenvalue weighted by atomic mass is 10.3. The zero-order valence-electron chi connectivity index (χ0n) is 19.4. The Hall–Kier alpha value is -3.44. The second-order valence-electron chi connectivity index (χ2n) is 8.04. The quantitative estimate of drug-likeness (QED) is 0.415. The number of nitrogens with one attached hydrogen (secondary N) is 3. The SMILES string of the molecule is Cc1ncsc1C(=O)Nc1cc(C(=O)Nc2cc(C(=O)NCCCN(C)C)n(C)c2)n(C)c1. The van der Waals surface area contributed by atoms with Gasteiger partial charge in [-0.3, -0.25) is 14.4 Å². The highest BCUT2D eigenvalue weighted by Gasteiger charge is 2.18. The van der Waals surface area contributed by atoms with Crippen molar-refractivity contribution in [3.63, 3.8) is 0 Å². The van der Waals surface area contributed by atoms with Gasteiger partial charge in [-0.1, -0.05) is 0 Å². The summed E-state index contributed by atoms with van der Waals surface area (Å²) in [7, 11) is 7.45. The maximum absolute atomic E-state index is 12.8. The molecule has 0 fully saturated rings. The summed E-state index contributed by atoms with van der Waals surface area (Å²) in [6.45, 7) is 3.23. The fraction of sp³-hybridized carbons (Fsp3) is 0.364. The van der Waals surface area contributed by atoms with Crippen LogP contribution >= 0.6 is 11.3 Å². The molecule has 33 heavy (non-hydrogen) atoms. The third-order valence-corrected chi connectivity index (χ3v) is 5.94. The number of thiazole rings is 1. The molecule has 0 saturated carbocycles. The number of aromatic nitrogens is 3. The van der Waals surface area contributed by atoms with Crippen molar-refractivity contribution in [1.82, 2.24) is 24.3 Å². The van der Waals surface area contributed by atoms with Crippen LogP contribution in [0.25, 0.3) is 0 Å². The molecule has 0 aliphatic heterocycles. The minimum atomic E-state index is -0.351. The van der Waals surface area contributed by atoms with Crippen molar-refractivity contribution >= 4 is 40.4 Å². The number of aryl methyl sites for hydroxylation is 3. The van der Waals surface area contributed by atoms with Crippen LogP contribution in [0.1, 0.15) is 42.8 Å². The summed E-state index contributed by atoms with van der Waals surface area (Å²) < 4.78 is 3.30. The lowest BCUT2D eigenvalue weighted by Gasteiger charge is -2.10. The Labute approximate surface area is 196 Å². The van der Waals surface area contributed by atoms with Crippen molar-refractivity contribution < 1.29 is 14.4 Å². The molecule has 0 aromatic carbocycles. The minimum absolute atomic E-state index is 0.195. The molecule has 0 radical (unpaired) electrons. The smallest absolute Gasteiger partial charge is 0.272 e. The fourth-order valence-corrected chi connectivity index (χ4v) is 4.01. The van der Waals surface area contributed by atoms with E-state index in [0.717, 1.165) is 13.0 Å².